The third-order valence-corrected chi connectivity index (χ3v) is 2.48. The molecule has 0 aromatic heterocycles. The van der Waals surface area contributed by atoms with E-state index in [2.05, 4.69) is 0 Å². The number of allylic oxidation sites excluding steroid dienone is 2. The first-order valence-corrected chi connectivity index (χ1v) is 5.23. The summed E-state index contributed by atoms with van der Waals surface area (Å²) in [5.41, 5.74) is 0. The van der Waals surface area contributed by atoms with Crippen LogP contribution in [-0.2, 0) is 0 Å². The minimum atomic E-state index is -7.65. The molecule has 0 rings (SSSR count). The van der Waals surface area contributed by atoms with Crippen LogP contribution >= 0.6 is 0 Å². The minimum Gasteiger partial charge on any atom is -0.234 e. The predicted molar refractivity (Wildman–Crippen MR) is 46.0 cm³/mol. The highest BCUT2D eigenvalue weighted by Gasteiger charge is 2.79. The van der Waals surface area contributed by atoms with E-state index in [1.807, 2.05) is 0 Å². The van der Waals surface area contributed by atoms with Gasteiger partial charge in [0.15, 0.2) is 0 Å². The first kappa shape index (κ1) is 23.6. The topological polar surface area (TPSA) is 0 Å². The predicted octanol–water partition coefficient (Wildman–Crippen LogP) is 5.84. The van der Waals surface area contributed by atoms with Crippen LogP contribution in [-0.4, -0.2) is 42.5 Å². The zero-order valence-corrected chi connectivity index (χ0v) is 10.7. The Labute approximate surface area is 126 Å². The normalized spacial score (nSPS) is 17.6. The van der Waals surface area contributed by atoms with Crippen molar-refractivity contribution in [2.75, 3.05) is 0 Å². The van der Waals surface area contributed by atoms with Gasteiger partial charge in [0.1, 0.15) is 0 Å². The molecule has 0 spiro atoms. The molecule has 0 saturated heterocycles. The minimum absolute atomic E-state index is 4.94. The van der Waals surface area contributed by atoms with Gasteiger partial charge >= 0.3 is 29.9 Å². The molecule has 0 aromatic rings. The second kappa shape index (κ2) is 6.41. The third-order valence-electron chi connectivity index (χ3n) is 2.48. The average molecular weight is 414 g/mol. The summed E-state index contributed by atoms with van der Waals surface area (Å²) in [5.74, 6) is -39.5. The number of hydrogen-bond donors (Lipinski definition) is 0. The Morgan fingerprint density at radius 1 is 0.560 bits per heavy atom. The van der Waals surface area contributed by atoms with Crippen molar-refractivity contribution in [1.29, 1.82) is 0 Å². The standard InChI is InChI=1S/C9H2F16/c10-1(2(11)7(19,20)9(23,24)25)5(15,16)8(21,22)6(17,18)3(12)4(13)14/h3-4H. The molecule has 0 aliphatic carbocycles. The molecule has 0 radical (unpaired) electrons. The molecule has 0 heterocycles. The fraction of sp³-hybridized carbons (Fsp3) is 0.778. The Balaban J connectivity index is 6.34. The van der Waals surface area contributed by atoms with Crippen LogP contribution in [0, 0.1) is 0 Å². The maximum Gasteiger partial charge on any atom is 0.460 e. The maximum absolute atomic E-state index is 12.9. The van der Waals surface area contributed by atoms with Crippen LogP contribution in [0.4, 0.5) is 70.2 Å². The highest BCUT2D eigenvalue weighted by atomic mass is 19.4. The molecule has 0 N–H and O–H groups in total. The van der Waals surface area contributed by atoms with Crippen LogP contribution in [0.3, 0.4) is 0 Å². The molecule has 25 heavy (non-hydrogen) atoms. The van der Waals surface area contributed by atoms with Crippen LogP contribution in [0.15, 0.2) is 11.7 Å². The highest BCUT2D eigenvalue weighted by Crippen LogP contribution is 2.55. The summed E-state index contributed by atoms with van der Waals surface area (Å²) in [4.78, 5) is 0. The van der Waals surface area contributed by atoms with Crippen molar-refractivity contribution in [1.82, 2.24) is 0 Å². The van der Waals surface area contributed by atoms with Crippen molar-refractivity contribution < 1.29 is 70.2 Å². The zero-order valence-electron chi connectivity index (χ0n) is 10.7. The van der Waals surface area contributed by atoms with Gasteiger partial charge in [0.05, 0.1) is 0 Å². The summed E-state index contributed by atoms with van der Waals surface area (Å²) in [5, 5.41) is 0. The molecule has 150 valence electrons. The van der Waals surface area contributed by atoms with E-state index in [4.69, 9.17) is 0 Å². The second-order valence-electron chi connectivity index (χ2n) is 4.21. The Kier molecular flexibility index (Phi) is 6.05. The summed E-state index contributed by atoms with van der Waals surface area (Å²) >= 11 is 0. The Bertz CT molecular complexity index is 510. The van der Waals surface area contributed by atoms with Crippen LogP contribution in [0.1, 0.15) is 0 Å². The molecule has 0 saturated carbocycles. The maximum atomic E-state index is 12.9. The first-order chi connectivity index (χ1) is 10.7. The van der Waals surface area contributed by atoms with E-state index in [9.17, 15) is 70.2 Å². The summed E-state index contributed by atoms with van der Waals surface area (Å²) in [6.45, 7) is 0. The van der Waals surface area contributed by atoms with Crippen molar-refractivity contribution in [2.45, 2.75) is 42.5 Å². The molecule has 0 aliphatic heterocycles. The molecule has 0 aliphatic rings. The van der Waals surface area contributed by atoms with Gasteiger partial charge in [0.2, 0.25) is 17.8 Å². The van der Waals surface area contributed by atoms with Crippen molar-refractivity contribution in [3.63, 3.8) is 0 Å². The molecular formula is C9H2F16. The van der Waals surface area contributed by atoms with Gasteiger partial charge in [-0.3, -0.25) is 0 Å². The monoisotopic (exact) mass is 414 g/mol. The van der Waals surface area contributed by atoms with Gasteiger partial charge < -0.3 is 0 Å². The van der Waals surface area contributed by atoms with Gasteiger partial charge in [-0.2, -0.15) is 48.3 Å². The number of rotatable bonds is 6. The summed E-state index contributed by atoms with van der Waals surface area (Å²) in [6.07, 6.45) is -17.7. The number of halogens is 16. The van der Waals surface area contributed by atoms with E-state index in [-0.39, 0.29) is 0 Å². The average Bonchev–Trinajstić information content (AvgIpc) is 2.42. The number of alkyl halides is 14. The molecule has 0 bridgehead atoms. The van der Waals surface area contributed by atoms with Gasteiger partial charge in [-0.15, -0.1) is 0 Å². The van der Waals surface area contributed by atoms with Crippen molar-refractivity contribution in [3.05, 3.63) is 11.7 Å². The highest BCUT2D eigenvalue weighted by molar-refractivity contribution is 5.23. The van der Waals surface area contributed by atoms with Crippen molar-refractivity contribution in [2.24, 2.45) is 0 Å². The van der Waals surface area contributed by atoms with Crippen LogP contribution in [0.5, 0.6) is 0 Å². The SMILES string of the molecule is FC(=C(F)C(F)(F)C(F)(F)C(F)(F)C(F)C(F)F)C(F)(F)C(F)(F)F. The third kappa shape index (κ3) is 3.61. The van der Waals surface area contributed by atoms with Crippen molar-refractivity contribution >= 4 is 0 Å². The largest absolute Gasteiger partial charge is 0.460 e. The summed E-state index contributed by atoms with van der Waals surface area (Å²) < 4.78 is 197. The van der Waals surface area contributed by atoms with E-state index in [1.54, 1.807) is 0 Å². The lowest BCUT2D eigenvalue weighted by Gasteiger charge is -2.33. The van der Waals surface area contributed by atoms with Crippen LogP contribution < -0.4 is 0 Å². The Hall–Kier alpha value is -1.38. The molecule has 1 unspecified atom stereocenters. The van der Waals surface area contributed by atoms with Gasteiger partial charge in [0.25, 0.3) is 6.43 Å². The van der Waals surface area contributed by atoms with Gasteiger partial charge in [0, 0.05) is 0 Å². The van der Waals surface area contributed by atoms with Gasteiger partial charge in [-0.25, -0.2) is 22.0 Å². The lowest BCUT2D eigenvalue weighted by molar-refractivity contribution is -0.328. The van der Waals surface area contributed by atoms with Crippen LogP contribution in [0.2, 0.25) is 0 Å². The molecule has 0 nitrogen and oxygen atoms in total. The molecule has 0 fully saturated rings. The fourth-order valence-electron chi connectivity index (χ4n) is 1.08. The summed E-state index contributed by atoms with van der Waals surface area (Å²) in [6, 6.07) is 0. The van der Waals surface area contributed by atoms with E-state index in [1.165, 1.54) is 0 Å². The molecule has 16 heteroatoms. The molecular weight excluding hydrogens is 412 g/mol. The lowest BCUT2D eigenvalue weighted by atomic mass is 9.98. The quantitative estimate of drug-likeness (QED) is 0.479. The summed E-state index contributed by atoms with van der Waals surface area (Å²) in [7, 11) is 0. The van der Waals surface area contributed by atoms with Gasteiger partial charge in [-0.05, 0) is 0 Å². The van der Waals surface area contributed by atoms with E-state index >= 15 is 0 Å². The number of hydrogen-bond acceptors (Lipinski definition) is 0. The molecule has 1 atom stereocenters. The Morgan fingerprint density at radius 3 is 1.16 bits per heavy atom. The fourth-order valence-corrected chi connectivity index (χ4v) is 1.08. The smallest absolute Gasteiger partial charge is 0.234 e. The lowest BCUT2D eigenvalue weighted by Crippen LogP contribution is -2.60. The van der Waals surface area contributed by atoms with Gasteiger partial charge in [-0.1, -0.05) is 0 Å². The molecule has 0 amide bonds. The van der Waals surface area contributed by atoms with E-state index in [0.29, 0.717) is 0 Å². The van der Waals surface area contributed by atoms with E-state index in [0.717, 1.165) is 0 Å². The molecule has 0 aromatic carbocycles. The Morgan fingerprint density at radius 2 is 0.880 bits per heavy atom. The van der Waals surface area contributed by atoms with Crippen LogP contribution in [0.25, 0.3) is 0 Å². The van der Waals surface area contributed by atoms with E-state index < -0.39 is 54.1 Å². The first-order valence-electron chi connectivity index (χ1n) is 5.23. The zero-order chi connectivity index (χ0) is 20.8. The van der Waals surface area contributed by atoms with Crippen molar-refractivity contribution in [3.8, 4) is 0 Å². The second-order valence-corrected chi connectivity index (χ2v) is 4.21.